The van der Waals surface area contributed by atoms with Crippen LogP contribution >= 0.6 is 0 Å². The molecule has 2 aromatic heterocycles. The second-order valence-electron chi connectivity index (χ2n) is 7.18. The number of hydrogen-bond acceptors (Lipinski definition) is 5. The van der Waals surface area contributed by atoms with Crippen LogP contribution in [0.2, 0.25) is 0 Å². The van der Waals surface area contributed by atoms with Crippen molar-refractivity contribution < 1.29 is 9.32 Å². The highest BCUT2D eigenvalue weighted by molar-refractivity contribution is 5.76. The zero-order valence-electron chi connectivity index (χ0n) is 15.3. The van der Waals surface area contributed by atoms with Crippen molar-refractivity contribution >= 4 is 5.91 Å². The van der Waals surface area contributed by atoms with Crippen LogP contribution in [0.15, 0.2) is 16.9 Å². The third-order valence-corrected chi connectivity index (χ3v) is 4.64. The first-order valence-electron chi connectivity index (χ1n) is 9.14. The van der Waals surface area contributed by atoms with E-state index in [2.05, 4.69) is 15.2 Å². The highest BCUT2D eigenvalue weighted by atomic mass is 16.5. The number of nitrogens with zero attached hydrogens (tertiary/aromatic N) is 5. The number of aryl methyl sites for hydroxylation is 2. The van der Waals surface area contributed by atoms with Gasteiger partial charge in [-0.1, -0.05) is 19.0 Å². The van der Waals surface area contributed by atoms with Gasteiger partial charge in [-0.3, -0.25) is 9.48 Å². The molecule has 1 amide bonds. The van der Waals surface area contributed by atoms with E-state index in [9.17, 15) is 4.79 Å². The van der Waals surface area contributed by atoms with Crippen LogP contribution in [0.1, 0.15) is 62.7 Å². The Kier molecular flexibility index (Phi) is 5.50. The molecule has 1 saturated heterocycles. The molecule has 0 unspecified atom stereocenters. The number of carbonyl (C=O) groups is 1. The lowest BCUT2D eigenvalue weighted by Gasteiger charge is -2.24. The molecule has 0 aromatic carbocycles. The quantitative estimate of drug-likeness (QED) is 0.771. The van der Waals surface area contributed by atoms with E-state index >= 15 is 0 Å². The summed E-state index contributed by atoms with van der Waals surface area (Å²) in [5.41, 5.74) is 1.15. The molecule has 0 radical (unpaired) electrons. The summed E-state index contributed by atoms with van der Waals surface area (Å²) >= 11 is 0. The van der Waals surface area contributed by atoms with E-state index in [0.717, 1.165) is 43.7 Å². The van der Waals surface area contributed by atoms with E-state index in [1.165, 1.54) is 0 Å². The highest BCUT2D eigenvalue weighted by Crippen LogP contribution is 2.21. The zero-order valence-corrected chi connectivity index (χ0v) is 15.3. The summed E-state index contributed by atoms with van der Waals surface area (Å²) in [4.78, 5) is 19.0. The summed E-state index contributed by atoms with van der Waals surface area (Å²) in [5, 5.41) is 8.30. The molecule has 136 valence electrons. The van der Waals surface area contributed by atoms with Gasteiger partial charge in [-0.15, -0.1) is 0 Å². The van der Waals surface area contributed by atoms with Gasteiger partial charge in [0.2, 0.25) is 11.8 Å². The Morgan fingerprint density at radius 2 is 2.28 bits per heavy atom. The molecule has 2 aromatic rings. The summed E-state index contributed by atoms with van der Waals surface area (Å²) in [6.45, 7) is 7.73. The summed E-state index contributed by atoms with van der Waals surface area (Å²) < 4.78 is 7.18. The van der Waals surface area contributed by atoms with E-state index in [1.54, 1.807) is 0 Å². The van der Waals surface area contributed by atoms with Crippen LogP contribution in [0.4, 0.5) is 0 Å². The molecule has 7 heteroatoms. The van der Waals surface area contributed by atoms with Gasteiger partial charge in [-0.05, 0) is 31.7 Å². The molecule has 7 nitrogen and oxygen atoms in total. The van der Waals surface area contributed by atoms with Crippen molar-refractivity contribution in [3.05, 3.63) is 29.7 Å². The third-order valence-electron chi connectivity index (χ3n) is 4.64. The average Bonchev–Trinajstić information content (AvgIpc) is 3.29. The zero-order chi connectivity index (χ0) is 17.8. The molecule has 1 atom stereocenters. The summed E-state index contributed by atoms with van der Waals surface area (Å²) in [6.07, 6.45) is 7.92. The van der Waals surface area contributed by atoms with Gasteiger partial charge < -0.3 is 9.42 Å². The van der Waals surface area contributed by atoms with Crippen molar-refractivity contribution in [1.82, 2.24) is 24.8 Å². The monoisotopic (exact) mass is 345 g/mol. The topological polar surface area (TPSA) is 77.1 Å². The molecular weight excluding hydrogens is 318 g/mol. The van der Waals surface area contributed by atoms with Crippen molar-refractivity contribution in [3.63, 3.8) is 0 Å². The molecular formula is C18H27N5O2. The fourth-order valence-corrected chi connectivity index (χ4v) is 3.28. The van der Waals surface area contributed by atoms with Crippen molar-refractivity contribution in [2.75, 3.05) is 6.54 Å². The summed E-state index contributed by atoms with van der Waals surface area (Å²) in [5.74, 6) is 1.84. The Labute approximate surface area is 148 Å². The number of hydrogen-bond donors (Lipinski definition) is 0. The van der Waals surface area contributed by atoms with Gasteiger partial charge in [-0.2, -0.15) is 10.1 Å². The maximum Gasteiger partial charge on any atom is 0.226 e. The maximum absolute atomic E-state index is 12.6. The normalized spacial score (nSPS) is 17.6. The number of amides is 1. The maximum atomic E-state index is 12.6. The predicted octanol–water partition coefficient (Wildman–Crippen LogP) is 2.71. The Morgan fingerprint density at radius 3 is 2.96 bits per heavy atom. The molecule has 0 N–H and O–H groups in total. The van der Waals surface area contributed by atoms with Crippen LogP contribution in [0.25, 0.3) is 0 Å². The first kappa shape index (κ1) is 17.6. The second kappa shape index (κ2) is 7.80. The molecule has 0 aliphatic carbocycles. The van der Waals surface area contributed by atoms with Gasteiger partial charge in [0.15, 0.2) is 5.82 Å². The standard InChI is InChI=1S/C18H27N5O2/c1-13(2)18-20-16(25-21-18)7-4-8-17(24)23-9-5-6-15(23)12-22-11-14(3)10-19-22/h10-11,13,15H,4-9,12H2,1-3H3/t15-/m1/s1. The smallest absolute Gasteiger partial charge is 0.226 e. The molecule has 3 rings (SSSR count). The lowest BCUT2D eigenvalue weighted by atomic mass is 10.2. The minimum atomic E-state index is 0.218. The van der Waals surface area contributed by atoms with E-state index in [0.29, 0.717) is 18.7 Å². The Balaban J connectivity index is 1.48. The van der Waals surface area contributed by atoms with E-state index in [-0.39, 0.29) is 17.9 Å². The van der Waals surface area contributed by atoms with Gasteiger partial charge in [0.1, 0.15) is 0 Å². The Bertz CT molecular complexity index is 706. The molecule has 1 fully saturated rings. The SMILES string of the molecule is Cc1cnn(C[C@H]2CCCN2C(=O)CCCc2nc(C(C)C)no2)c1. The van der Waals surface area contributed by atoms with Crippen LogP contribution in [-0.4, -0.2) is 43.3 Å². The molecule has 0 spiro atoms. The van der Waals surface area contributed by atoms with Gasteiger partial charge in [0, 0.05) is 31.5 Å². The molecule has 0 saturated carbocycles. The van der Waals surface area contributed by atoms with Crippen molar-refractivity contribution in [2.45, 2.75) is 71.4 Å². The van der Waals surface area contributed by atoms with Crippen LogP contribution in [0.3, 0.4) is 0 Å². The fourth-order valence-electron chi connectivity index (χ4n) is 3.28. The lowest BCUT2D eigenvalue weighted by molar-refractivity contribution is -0.132. The third kappa shape index (κ3) is 4.46. The first-order chi connectivity index (χ1) is 12.0. The Hall–Kier alpha value is -2.18. The molecule has 1 aliphatic heterocycles. The molecule has 3 heterocycles. The number of aromatic nitrogens is 4. The van der Waals surface area contributed by atoms with Crippen molar-refractivity contribution in [3.8, 4) is 0 Å². The number of likely N-dealkylation sites (tertiary alicyclic amines) is 1. The summed E-state index contributed by atoms with van der Waals surface area (Å²) in [7, 11) is 0. The van der Waals surface area contributed by atoms with E-state index < -0.39 is 0 Å². The van der Waals surface area contributed by atoms with Gasteiger partial charge in [-0.25, -0.2) is 0 Å². The largest absolute Gasteiger partial charge is 0.339 e. The summed E-state index contributed by atoms with van der Waals surface area (Å²) in [6, 6.07) is 0.253. The van der Waals surface area contributed by atoms with Crippen LogP contribution in [-0.2, 0) is 17.8 Å². The second-order valence-corrected chi connectivity index (χ2v) is 7.18. The lowest BCUT2D eigenvalue weighted by Crippen LogP contribution is -2.38. The van der Waals surface area contributed by atoms with Crippen molar-refractivity contribution in [1.29, 1.82) is 0 Å². The predicted molar refractivity (Wildman–Crippen MR) is 93.0 cm³/mol. The minimum Gasteiger partial charge on any atom is -0.339 e. The molecule has 0 bridgehead atoms. The van der Waals surface area contributed by atoms with Crippen LogP contribution in [0, 0.1) is 6.92 Å². The van der Waals surface area contributed by atoms with E-state index in [4.69, 9.17) is 4.52 Å². The van der Waals surface area contributed by atoms with Crippen molar-refractivity contribution in [2.24, 2.45) is 0 Å². The van der Waals surface area contributed by atoms with Crippen LogP contribution < -0.4 is 0 Å². The minimum absolute atomic E-state index is 0.218. The molecule has 25 heavy (non-hydrogen) atoms. The van der Waals surface area contributed by atoms with Gasteiger partial charge >= 0.3 is 0 Å². The van der Waals surface area contributed by atoms with E-state index in [1.807, 2.05) is 42.7 Å². The van der Waals surface area contributed by atoms with Gasteiger partial charge in [0.25, 0.3) is 0 Å². The van der Waals surface area contributed by atoms with Crippen LogP contribution in [0.5, 0.6) is 0 Å². The highest BCUT2D eigenvalue weighted by Gasteiger charge is 2.28. The molecule has 1 aliphatic rings. The fraction of sp³-hybridized carbons (Fsp3) is 0.667. The number of carbonyl (C=O) groups excluding carboxylic acids is 1. The average molecular weight is 345 g/mol. The van der Waals surface area contributed by atoms with Gasteiger partial charge in [0.05, 0.1) is 18.8 Å². The number of rotatable bonds is 7. The Morgan fingerprint density at radius 1 is 1.44 bits per heavy atom. The first-order valence-corrected chi connectivity index (χ1v) is 9.14.